The van der Waals surface area contributed by atoms with Gasteiger partial charge in [-0.2, -0.15) is 0 Å². The van der Waals surface area contributed by atoms with E-state index < -0.39 is 0 Å². The summed E-state index contributed by atoms with van der Waals surface area (Å²) in [6, 6.07) is 9.44. The van der Waals surface area contributed by atoms with Crippen LogP contribution in [-0.2, 0) is 11.3 Å². The first-order chi connectivity index (χ1) is 12.7. The quantitative estimate of drug-likeness (QED) is 0.749. The first-order valence-corrected chi connectivity index (χ1v) is 8.63. The van der Waals surface area contributed by atoms with Gasteiger partial charge in [0.2, 0.25) is 11.9 Å². The standard InChI is InChI=1S/C18H20N6O2/c19-16(25)13-5-3-9-23(11-13)18-22-21-17(15-7-1-2-8-20-15)24(18)12-14-6-4-10-26-14/h1-2,4,6-8,10,13H,3,5,9,11-12H2,(H2,19,25). The van der Waals surface area contributed by atoms with E-state index in [1.54, 1.807) is 12.5 Å². The Morgan fingerprint density at radius 1 is 1.27 bits per heavy atom. The molecule has 1 aliphatic rings. The average molecular weight is 352 g/mol. The van der Waals surface area contributed by atoms with Crippen molar-refractivity contribution in [3.63, 3.8) is 0 Å². The van der Waals surface area contributed by atoms with E-state index in [0.717, 1.165) is 30.8 Å². The van der Waals surface area contributed by atoms with Crippen molar-refractivity contribution in [3.8, 4) is 11.5 Å². The molecule has 1 amide bonds. The van der Waals surface area contributed by atoms with Gasteiger partial charge in [0, 0.05) is 19.3 Å². The zero-order chi connectivity index (χ0) is 17.9. The molecule has 1 fully saturated rings. The van der Waals surface area contributed by atoms with E-state index in [-0.39, 0.29) is 11.8 Å². The number of furan rings is 1. The van der Waals surface area contributed by atoms with E-state index in [1.807, 2.05) is 34.9 Å². The fraction of sp³-hybridized carbons (Fsp3) is 0.333. The number of carbonyl (C=O) groups is 1. The molecule has 8 nitrogen and oxygen atoms in total. The van der Waals surface area contributed by atoms with Crippen LogP contribution in [0.25, 0.3) is 11.5 Å². The van der Waals surface area contributed by atoms with Gasteiger partial charge >= 0.3 is 0 Å². The number of primary amides is 1. The highest BCUT2D eigenvalue weighted by Gasteiger charge is 2.28. The van der Waals surface area contributed by atoms with Gasteiger partial charge < -0.3 is 15.1 Å². The molecule has 1 aliphatic heterocycles. The molecule has 8 heteroatoms. The summed E-state index contributed by atoms with van der Waals surface area (Å²) in [4.78, 5) is 18.1. The number of nitrogens with two attached hydrogens (primary N) is 1. The van der Waals surface area contributed by atoms with Gasteiger partial charge in [0.15, 0.2) is 5.82 Å². The summed E-state index contributed by atoms with van der Waals surface area (Å²) in [7, 11) is 0. The van der Waals surface area contributed by atoms with E-state index in [0.29, 0.717) is 24.9 Å². The number of amides is 1. The molecule has 0 radical (unpaired) electrons. The normalized spacial score (nSPS) is 17.4. The number of hydrogen-bond acceptors (Lipinski definition) is 6. The molecule has 0 bridgehead atoms. The Balaban J connectivity index is 1.72. The third-order valence-electron chi connectivity index (χ3n) is 4.63. The van der Waals surface area contributed by atoms with Crippen molar-refractivity contribution in [3.05, 3.63) is 48.6 Å². The summed E-state index contributed by atoms with van der Waals surface area (Å²) in [6.07, 6.45) is 5.07. The lowest BCUT2D eigenvalue weighted by Gasteiger charge is -2.31. The van der Waals surface area contributed by atoms with Gasteiger partial charge in [0.25, 0.3) is 0 Å². The van der Waals surface area contributed by atoms with Gasteiger partial charge in [-0.25, -0.2) is 0 Å². The number of aromatic nitrogens is 4. The molecule has 4 rings (SSSR count). The van der Waals surface area contributed by atoms with Crippen LogP contribution >= 0.6 is 0 Å². The van der Waals surface area contributed by atoms with Crippen LogP contribution in [0, 0.1) is 5.92 Å². The molecular weight excluding hydrogens is 332 g/mol. The molecule has 4 heterocycles. The average Bonchev–Trinajstić information content (AvgIpc) is 3.33. The number of nitrogens with zero attached hydrogens (tertiary/aromatic N) is 5. The highest BCUT2D eigenvalue weighted by atomic mass is 16.3. The Kier molecular flexibility index (Phi) is 4.39. The summed E-state index contributed by atoms with van der Waals surface area (Å²) >= 11 is 0. The Labute approximate surface area is 150 Å². The number of hydrogen-bond donors (Lipinski definition) is 1. The Hall–Kier alpha value is -3.16. The second-order valence-corrected chi connectivity index (χ2v) is 6.39. The van der Waals surface area contributed by atoms with Crippen LogP contribution in [0.4, 0.5) is 5.95 Å². The summed E-state index contributed by atoms with van der Waals surface area (Å²) < 4.78 is 7.49. The fourth-order valence-corrected chi connectivity index (χ4v) is 3.31. The number of carbonyl (C=O) groups excluding carboxylic acids is 1. The van der Waals surface area contributed by atoms with Crippen molar-refractivity contribution < 1.29 is 9.21 Å². The molecule has 26 heavy (non-hydrogen) atoms. The van der Waals surface area contributed by atoms with Crippen LogP contribution in [0.5, 0.6) is 0 Å². The predicted octanol–water partition coefficient (Wildman–Crippen LogP) is 1.68. The topological polar surface area (TPSA) is 103 Å². The summed E-state index contributed by atoms with van der Waals surface area (Å²) in [6.45, 7) is 1.84. The summed E-state index contributed by atoms with van der Waals surface area (Å²) in [5, 5.41) is 8.76. The minimum atomic E-state index is -0.267. The lowest BCUT2D eigenvalue weighted by molar-refractivity contribution is -0.122. The van der Waals surface area contributed by atoms with Crippen molar-refractivity contribution in [1.82, 2.24) is 19.7 Å². The van der Waals surface area contributed by atoms with Gasteiger partial charge in [-0.15, -0.1) is 10.2 Å². The molecule has 0 aliphatic carbocycles. The highest BCUT2D eigenvalue weighted by Crippen LogP contribution is 2.26. The lowest BCUT2D eigenvalue weighted by atomic mass is 9.98. The van der Waals surface area contributed by atoms with Crippen molar-refractivity contribution in [1.29, 1.82) is 0 Å². The van der Waals surface area contributed by atoms with Gasteiger partial charge in [0.1, 0.15) is 11.5 Å². The van der Waals surface area contributed by atoms with Crippen LogP contribution in [0.15, 0.2) is 47.2 Å². The SMILES string of the molecule is NC(=O)C1CCCN(c2nnc(-c3ccccn3)n2Cc2ccco2)C1. The first-order valence-electron chi connectivity index (χ1n) is 8.63. The predicted molar refractivity (Wildman–Crippen MR) is 95.2 cm³/mol. The monoisotopic (exact) mass is 352 g/mol. The molecule has 1 atom stereocenters. The first kappa shape index (κ1) is 16.3. The molecular formula is C18H20N6O2. The Morgan fingerprint density at radius 2 is 2.19 bits per heavy atom. The van der Waals surface area contributed by atoms with Crippen LogP contribution in [0.3, 0.4) is 0 Å². The maximum Gasteiger partial charge on any atom is 0.228 e. The van der Waals surface area contributed by atoms with E-state index in [2.05, 4.69) is 20.1 Å². The summed E-state index contributed by atoms with van der Waals surface area (Å²) in [5.74, 6) is 1.73. The second-order valence-electron chi connectivity index (χ2n) is 6.39. The van der Waals surface area contributed by atoms with Gasteiger partial charge in [0.05, 0.1) is 18.7 Å². The minimum Gasteiger partial charge on any atom is -0.467 e. The van der Waals surface area contributed by atoms with Crippen LogP contribution < -0.4 is 10.6 Å². The molecule has 1 saturated heterocycles. The molecule has 0 spiro atoms. The number of rotatable bonds is 5. The van der Waals surface area contributed by atoms with Crippen molar-refractivity contribution in [2.75, 3.05) is 18.0 Å². The van der Waals surface area contributed by atoms with Crippen LogP contribution in [0.1, 0.15) is 18.6 Å². The van der Waals surface area contributed by atoms with Crippen molar-refractivity contribution in [2.24, 2.45) is 11.7 Å². The Bertz CT molecular complexity index is 874. The van der Waals surface area contributed by atoms with Gasteiger partial charge in [-0.1, -0.05) is 6.07 Å². The lowest BCUT2D eigenvalue weighted by Crippen LogP contribution is -2.42. The molecule has 0 saturated carbocycles. The van der Waals surface area contributed by atoms with E-state index in [1.165, 1.54) is 0 Å². The third kappa shape index (κ3) is 3.17. The fourth-order valence-electron chi connectivity index (χ4n) is 3.31. The zero-order valence-corrected chi connectivity index (χ0v) is 14.3. The van der Waals surface area contributed by atoms with Crippen molar-refractivity contribution >= 4 is 11.9 Å². The van der Waals surface area contributed by atoms with E-state index >= 15 is 0 Å². The highest BCUT2D eigenvalue weighted by molar-refractivity contribution is 5.77. The zero-order valence-electron chi connectivity index (χ0n) is 14.3. The largest absolute Gasteiger partial charge is 0.467 e. The number of anilines is 1. The molecule has 3 aromatic rings. The molecule has 2 N–H and O–H groups in total. The van der Waals surface area contributed by atoms with Crippen LogP contribution in [-0.4, -0.2) is 38.7 Å². The smallest absolute Gasteiger partial charge is 0.228 e. The minimum absolute atomic E-state index is 0.171. The molecule has 3 aromatic heterocycles. The van der Waals surface area contributed by atoms with E-state index in [4.69, 9.17) is 10.2 Å². The van der Waals surface area contributed by atoms with Gasteiger partial charge in [-0.3, -0.25) is 14.3 Å². The molecule has 0 aromatic carbocycles. The van der Waals surface area contributed by atoms with Crippen LogP contribution in [0.2, 0.25) is 0 Å². The number of piperidine rings is 1. The molecule has 134 valence electrons. The number of pyridine rings is 1. The van der Waals surface area contributed by atoms with Crippen molar-refractivity contribution in [2.45, 2.75) is 19.4 Å². The Morgan fingerprint density at radius 3 is 2.92 bits per heavy atom. The molecule has 1 unspecified atom stereocenters. The third-order valence-corrected chi connectivity index (χ3v) is 4.63. The maximum absolute atomic E-state index is 11.6. The second kappa shape index (κ2) is 6.99. The maximum atomic E-state index is 11.6. The van der Waals surface area contributed by atoms with E-state index in [9.17, 15) is 4.79 Å². The van der Waals surface area contributed by atoms with Gasteiger partial charge in [-0.05, 0) is 37.1 Å². The summed E-state index contributed by atoms with van der Waals surface area (Å²) in [5.41, 5.74) is 6.26.